The topological polar surface area (TPSA) is 55.8 Å². The van der Waals surface area contributed by atoms with Gasteiger partial charge in [0.1, 0.15) is 0 Å². The van der Waals surface area contributed by atoms with Crippen LogP contribution in [0, 0.1) is 0 Å². The molecule has 0 spiro atoms. The molecule has 0 atom stereocenters. The minimum atomic E-state index is -3.69. The first-order valence-electron chi connectivity index (χ1n) is 2.74. The van der Waals surface area contributed by atoms with Crippen LogP contribution >= 0.6 is 7.82 Å². The molecule has 0 aromatic carbocycles. The fraction of sp³-hybridized carbons (Fsp3) is 1.00. The van der Waals surface area contributed by atoms with Gasteiger partial charge in [-0.1, -0.05) is 0 Å². The molecular formula is C4H13MgO4P. The van der Waals surface area contributed by atoms with Gasteiger partial charge in [-0.15, -0.1) is 0 Å². The van der Waals surface area contributed by atoms with Gasteiger partial charge in [0, 0.05) is 0 Å². The van der Waals surface area contributed by atoms with E-state index >= 15 is 0 Å². The summed E-state index contributed by atoms with van der Waals surface area (Å²) < 4.78 is 19.2. The van der Waals surface area contributed by atoms with Gasteiger partial charge >= 0.3 is 30.9 Å². The summed E-state index contributed by atoms with van der Waals surface area (Å²) in [4.78, 5) is 8.63. The van der Waals surface area contributed by atoms with Crippen LogP contribution in [0.1, 0.15) is 13.8 Å². The van der Waals surface area contributed by atoms with Gasteiger partial charge in [-0.2, -0.15) is 0 Å². The van der Waals surface area contributed by atoms with Crippen molar-refractivity contribution in [1.29, 1.82) is 0 Å². The summed E-state index contributed by atoms with van der Waals surface area (Å²) in [7, 11) is -3.69. The van der Waals surface area contributed by atoms with Gasteiger partial charge in [-0.05, 0) is 13.8 Å². The predicted molar refractivity (Wildman–Crippen MR) is 41.6 cm³/mol. The molecule has 0 saturated heterocycles. The van der Waals surface area contributed by atoms with Crippen molar-refractivity contribution in [3.8, 4) is 0 Å². The molecule has 0 fully saturated rings. The Balaban J connectivity index is 0. The standard InChI is InChI=1S/C4H11O4P.Mg.2H/c1-3-7-9(5,6)8-4-2;;;/h3-4H2,1-2H3,(H,5,6);;;. The Kier molecular flexibility index (Phi) is 8.86. The van der Waals surface area contributed by atoms with Crippen molar-refractivity contribution in [3.63, 3.8) is 0 Å². The highest BCUT2D eigenvalue weighted by atomic mass is 31.2. The molecule has 0 rings (SSSR count). The molecule has 0 bridgehead atoms. The lowest BCUT2D eigenvalue weighted by molar-refractivity contribution is 0.161. The van der Waals surface area contributed by atoms with Gasteiger partial charge in [0.2, 0.25) is 0 Å². The lowest BCUT2D eigenvalue weighted by Gasteiger charge is -2.07. The van der Waals surface area contributed by atoms with E-state index in [-0.39, 0.29) is 36.3 Å². The van der Waals surface area contributed by atoms with E-state index < -0.39 is 7.82 Å². The SMILES string of the molecule is CCOP(=O)(O)OCC.[MgH2]. The molecule has 60 valence electrons. The highest BCUT2D eigenvalue weighted by molar-refractivity contribution is 7.47. The summed E-state index contributed by atoms with van der Waals surface area (Å²) in [6.45, 7) is 3.63. The molecule has 0 aromatic heterocycles. The average molecular weight is 180 g/mol. The molecule has 0 radical (unpaired) electrons. The van der Waals surface area contributed by atoms with Gasteiger partial charge < -0.3 is 4.89 Å². The van der Waals surface area contributed by atoms with Crippen LogP contribution in [0.3, 0.4) is 0 Å². The average Bonchev–Trinajstić information content (AvgIpc) is 1.64. The first kappa shape index (κ1) is 13.5. The van der Waals surface area contributed by atoms with Gasteiger partial charge in [-0.25, -0.2) is 4.57 Å². The highest BCUT2D eigenvalue weighted by Gasteiger charge is 2.17. The van der Waals surface area contributed by atoms with E-state index in [1.54, 1.807) is 13.8 Å². The molecule has 1 N–H and O–H groups in total. The maximum atomic E-state index is 10.5. The monoisotopic (exact) mass is 180 g/mol. The van der Waals surface area contributed by atoms with Crippen molar-refractivity contribution >= 4 is 30.9 Å². The molecule has 0 aromatic rings. The normalized spacial score (nSPS) is 10.7. The van der Waals surface area contributed by atoms with E-state index in [0.717, 1.165) is 0 Å². The maximum absolute atomic E-state index is 10.5. The molecule has 10 heavy (non-hydrogen) atoms. The van der Waals surface area contributed by atoms with Crippen LogP contribution in [0.25, 0.3) is 0 Å². The minimum absolute atomic E-state index is 0. The van der Waals surface area contributed by atoms with Crippen molar-refractivity contribution in [2.24, 2.45) is 0 Å². The smallest absolute Gasteiger partial charge is 0.302 e. The molecule has 0 aliphatic carbocycles. The summed E-state index contributed by atoms with van der Waals surface area (Å²) in [5, 5.41) is 0. The summed E-state index contributed by atoms with van der Waals surface area (Å²) in [5.74, 6) is 0. The quantitative estimate of drug-likeness (QED) is 0.497. The third kappa shape index (κ3) is 6.99. The van der Waals surface area contributed by atoms with Crippen LogP contribution in [0.5, 0.6) is 0 Å². The Morgan fingerprint density at radius 3 is 1.80 bits per heavy atom. The van der Waals surface area contributed by atoms with Crippen molar-refractivity contribution in [2.45, 2.75) is 13.8 Å². The zero-order valence-corrected chi connectivity index (χ0v) is 6.43. The fourth-order valence-corrected chi connectivity index (χ4v) is 1.09. The molecular weight excluding hydrogens is 167 g/mol. The predicted octanol–water partition coefficient (Wildman–Crippen LogP) is 0.244. The van der Waals surface area contributed by atoms with Crippen molar-refractivity contribution < 1.29 is 18.5 Å². The zero-order valence-electron chi connectivity index (χ0n) is 5.53. The van der Waals surface area contributed by atoms with Crippen molar-refractivity contribution in [1.82, 2.24) is 0 Å². The van der Waals surface area contributed by atoms with Crippen molar-refractivity contribution in [3.05, 3.63) is 0 Å². The van der Waals surface area contributed by atoms with Crippen LogP contribution < -0.4 is 0 Å². The van der Waals surface area contributed by atoms with E-state index in [0.29, 0.717) is 0 Å². The molecule has 6 heteroatoms. The minimum Gasteiger partial charge on any atom is -0.302 e. The van der Waals surface area contributed by atoms with Crippen LogP contribution in [0.15, 0.2) is 0 Å². The second-order valence-electron chi connectivity index (χ2n) is 1.30. The maximum Gasteiger partial charge on any atom is 0.472 e. The van der Waals surface area contributed by atoms with Gasteiger partial charge in [-0.3, -0.25) is 9.05 Å². The van der Waals surface area contributed by atoms with Gasteiger partial charge in [0.15, 0.2) is 0 Å². The Bertz CT molecular complexity index is 108. The summed E-state index contributed by atoms with van der Waals surface area (Å²) in [5.41, 5.74) is 0. The first-order valence-corrected chi connectivity index (χ1v) is 4.23. The van der Waals surface area contributed by atoms with Gasteiger partial charge in [0.05, 0.1) is 13.2 Å². The summed E-state index contributed by atoms with van der Waals surface area (Å²) in [6, 6.07) is 0. The lowest BCUT2D eigenvalue weighted by Crippen LogP contribution is -1.93. The van der Waals surface area contributed by atoms with E-state index in [4.69, 9.17) is 4.89 Å². The largest absolute Gasteiger partial charge is 0.472 e. The lowest BCUT2D eigenvalue weighted by atomic mass is 10.9. The van der Waals surface area contributed by atoms with E-state index in [1.165, 1.54) is 0 Å². The van der Waals surface area contributed by atoms with E-state index in [1.807, 2.05) is 0 Å². The summed E-state index contributed by atoms with van der Waals surface area (Å²) in [6.07, 6.45) is 0. The molecule has 0 unspecified atom stereocenters. The number of phosphoric ester groups is 1. The Labute approximate surface area is 76.7 Å². The molecule has 0 aliphatic heterocycles. The number of rotatable bonds is 4. The van der Waals surface area contributed by atoms with E-state index in [9.17, 15) is 4.57 Å². The van der Waals surface area contributed by atoms with Crippen LogP contribution in [-0.2, 0) is 13.6 Å². The third-order valence-corrected chi connectivity index (χ3v) is 1.75. The second-order valence-corrected chi connectivity index (χ2v) is 2.76. The van der Waals surface area contributed by atoms with Crippen LogP contribution in [0.4, 0.5) is 0 Å². The molecule has 0 heterocycles. The molecule has 0 aliphatic rings. The molecule has 0 saturated carbocycles. The Morgan fingerprint density at radius 2 is 1.60 bits per heavy atom. The fourth-order valence-electron chi connectivity index (χ4n) is 0.364. The van der Waals surface area contributed by atoms with Crippen LogP contribution in [-0.4, -0.2) is 41.2 Å². The summed E-state index contributed by atoms with van der Waals surface area (Å²) >= 11 is 0. The number of hydrogen-bond donors (Lipinski definition) is 1. The number of hydrogen-bond acceptors (Lipinski definition) is 3. The third-order valence-electron chi connectivity index (χ3n) is 0.584. The highest BCUT2D eigenvalue weighted by Crippen LogP contribution is 2.42. The van der Waals surface area contributed by atoms with Crippen LogP contribution in [0.2, 0.25) is 0 Å². The first-order chi connectivity index (χ1) is 4.12. The number of phosphoric acid groups is 1. The Morgan fingerprint density at radius 1 is 1.30 bits per heavy atom. The zero-order chi connectivity index (χ0) is 7.33. The van der Waals surface area contributed by atoms with E-state index in [2.05, 4.69) is 9.05 Å². The second kappa shape index (κ2) is 6.58. The van der Waals surface area contributed by atoms with Gasteiger partial charge in [0.25, 0.3) is 0 Å². The Hall–Kier alpha value is 0.876. The van der Waals surface area contributed by atoms with Crippen molar-refractivity contribution in [2.75, 3.05) is 13.2 Å². The molecule has 4 nitrogen and oxygen atoms in total. The molecule has 0 amide bonds.